The lowest BCUT2D eigenvalue weighted by Gasteiger charge is -2.28. The van der Waals surface area contributed by atoms with Crippen LogP contribution in [0.1, 0.15) is 12.8 Å². The number of hydrogen-bond acceptors (Lipinski definition) is 5. The summed E-state index contributed by atoms with van der Waals surface area (Å²) in [6.07, 6.45) is 0.965. The van der Waals surface area contributed by atoms with Crippen molar-refractivity contribution in [3.63, 3.8) is 0 Å². The molecule has 22 heavy (non-hydrogen) atoms. The van der Waals surface area contributed by atoms with Crippen LogP contribution >= 0.6 is 0 Å². The van der Waals surface area contributed by atoms with Crippen LogP contribution in [0.5, 0.6) is 5.75 Å². The standard InChI is InChI=1S/C16H22FNO4/c1-20-8-9-21-10-11-22-14-2-3-16(15(17)12-14)18-6-4-13(19)5-7-18/h2-3,12H,4-11H2,1H3. The Hall–Kier alpha value is -1.66. The Bertz CT molecular complexity index is 485. The number of carbonyl (C=O) groups is 1. The fourth-order valence-electron chi connectivity index (χ4n) is 2.29. The Morgan fingerprint density at radius 1 is 1.14 bits per heavy atom. The summed E-state index contributed by atoms with van der Waals surface area (Å²) in [7, 11) is 1.61. The number of rotatable bonds is 8. The quantitative estimate of drug-likeness (QED) is 0.688. The van der Waals surface area contributed by atoms with Crippen LogP contribution in [0.4, 0.5) is 10.1 Å². The molecule has 1 heterocycles. The number of carbonyl (C=O) groups excluding carboxylic acids is 1. The average Bonchev–Trinajstić information content (AvgIpc) is 2.52. The maximum Gasteiger partial charge on any atom is 0.150 e. The van der Waals surface area contributed by atoms with Gasteiger partial charge in [-0.2, -0.15) is 0 Å². The van der Waals surface area contributed by atoms with Gasteiger partial charge < -0.3 is 19.1 Å². The molecular formula is C16H22FNO4. The third-order valence-electron chi connectivity index (χ3n) is 3.51. The first-order chi connectivity index (χ1) is 10.7. The number of methoxy groups -OCH3 is 1. The normalized spacial score (nSPS) is 15.2. The van der Waals surface area contributed by atoms with Crippen molar-refractivity contribution in [1.29, 1.82) is 0 Å². The van der Waals surface area contributed by atoms with Crippen LogP contribution in [0.3, 0.4) is 0 Å². The zero-order chi connectivity index (χ0) is 15.8. The lowest BCUT2D eigenvalue weighted by atomic mass is 10.1. The molecular weight excluding hydrogens is 289 g/mol. The second-order valence-corrected chi connectivity index (χ2v) is 5.09. The molecule has 1 saturated heterocycles. The number of ether oxygens (including phenoxy) is 3. The first-order valence-electron chi connectivity index (χ1n) is 7.46. The van der Waals surface area contributed by atoms with Crippen LogP contribution in [-0.4, -0.2) is 52.4 Å². The number of piperidine rings is 1. The molecule has 0 bridgehead atoms. The van der Waals surface area contributed by atoms with Crippen LogP contribution in [-0.2, 0) is 14.3 Å². The highest BCUT2D eigenvalue weighted by molar-refractivity contribution is 5.81. The number of ketones is 1. The molecule has 0 saturated carbocycles. The highest BCUT2D eigenvalue weighted by Gasteiger charge is 2.19. The van der Waals surface area contributed by atoms with Crippen molar-refractivity contribution in [2.24, 2.45) is 0 Å². The summed E-state index contributed by atoms with van der Waals surface area (Å²) in [6.45, 7) is 3.00. The first-order valence-corrected chi connectivity index (χ1v) is 7.46. The Balaban J connectivity index is 1.80. The topological polar surface area (TPSA) is 48.0 Å². The van der Waals surface area contributed by atoms with Gasteiger partial charge in [-0.25, -0.2) is 4.39 Å². The van der Waals surface area contributed by atoms with Gasteiger partial charge in [0.05, 0.1) is 25.5 Å². The van der Waals surface area contributed by atoms with Crippen molar-refractivity contribution in [2.75, 3.05) is 51.5 Å². The molecule has 0 aromatic heterocycles. The van der Waals surface area contributed by atoms with Gasteiger partial charge in [-0.3, -0.25) is 4.79 Å². The van der Waals surface area contributed by atoms with Gasteiger partial charge in [-0.1, -0.05) is 0 Å². The van der Waals surface area contributed by atoms with Crippen molar-refractivity contribution in [1.82, 2.24) is 0 Å². The Morgan fingerprint density at radius 2 is 1.86 bits per heavy atom. The molecule has 0 radical (unpaired) electrons. The van der Waals surface area contributed by atoms with Gasteiger partial charge in [0.15, 0.2) is 0 Å². The van der Waals surface area contributed by atoms with E-state index in [9.17, 15) is 9.18 Å². The van der Waals surface area contributed by atoms with E-state index in [1.54, 1.807) is 19.2 Å². The second kappa shape index (κ2) is 8.70. The van der Waals surface area contributed by atoms with Crippen molar-refractivity contribution in [2.45, 2.75) is 12.8 Å². The molecule has 0 N–H and O–H groups in total. The highest BCUT2D eigenvalue weighted by atomic mass is 19.1. The summed E-state index contributed by atoms with van der Waals surface area (Å²) < 4.78 is 29.7. The van der Waals surface area contributed by atoms with E-state index in [0.29, 0.717) is 63.8 Å². The summed E-state index contributed by atoms with van der Waals surface area (Å²) in [5.74, 6) is 0.391. The van der Waals surface area contributed by atoms with E-state index in [0.717, 1.165) is 0 Å². The number of Topliss-reactive ketones (excluding diaryl/α,β-unsaturated/α-hetero) is 1. The summed E-state index contributed by atoms with van der Waals surface area (Å²) >= 11 is 0. The van der Waals surface area contributed by atoms with E-state index in [-0.39, 0.29) is 11.6 Å². The van der Waals surface area contributed by atoms with E-state index < -0.39 is 0 Å². The average molecular weight is 311 g/mol. The Morgan fingerprint density at radius 3 is 2.55 bits per heavy atom. The molecule has 1 aliphatic heterocycles. The van der Waals surface area contributed by atoms with Crippen LogP contribution < -0.4 is 9.64 Å². The zero-order valence-corrected chi connectivity index (χ0v) is 12.8. The molecule has 0 spiro atoms. The molecule has 0 unspecified atom stereocenters. The van der Waals surface area contributed by atoms with Crippen LogP contribution in [0, 0.1) is 5.82 Å². The Kier molecular flexibility index (Phi) is 6.61. The van der Waals surface area contributed by atoms with E-state index in [4.69, 9.17) is 14.2 Å². The summed E-state index contributed by atoms with van der Waals surface area (Å²) in [5.41, 5.74) is 0.524. The molecule has 6 heteroatoms. The van der Waals surface area contributed by atoms with E-state index in [2.05, 4.69) is 0 Å². The lowest BCUT2D eigenvalue weighted by Crippen LogP contribution is -2.34. The third kappa shape index (κ3) is 4.96. The minimum absolute atomic E-state index is 0.241. The number of halogens is 1. The zero-order valence-electron chi connectivity index (χ0n) is 12.8. The van der Waals surface area contributed by atoms with Crippen molar-refractivity contribution < 1.29 is 23.4 Å². The fraction of sp³-hybridized carbons (Fsp3) is 0.562. The van der Waals surface area contributed by atoms with Gasteiger partial charge in [0.25, 0.3) is 0 Å². The predicted octanol–water partition coefficient (Wildman–Crippen LogP) is 2.04. The minimum atomic E-state index is -0.327. The third-order valence-corrected chi connectivity index (χ3v) is 3.51. The van der Waals surface area contributed by atoms with Crippen molar-refractivity contribution in [3.05, 3.63) is 24.0 Å². The smallest absolute Gasteiger partial charge is 0.150 e. The molecule has 0 amide bonds. The molecule has 122 valence electrons. The first kappa shape index (κ1) is 16.7. The molecule has 0 atom stereocenters. The minimum Gasteiger partial charge on any atom is -0.491 e. The fourth-order valence-corrected chi connectivity index (χ4v) is 2.29. The van der Waals surface area contributed by atoms with Gasteiger partial charge >= 0.3 is 0 Å². The molecule has 1 aliphatic rings. The van der Waals surface area contributed by atoms with Crippen LogP contribution in [0.25, 0.3) is 0 Å². The van der Waals surface area contributed by atoms with Crippen molar-refractivity contribution >= 4 is 11.5 Å². The number of hydrogen-bond donors (Lipinski definition) is 0. The second-order valence-electron chi connectivity index (χ2n) is 5.09. The summed E-state index contributed by atoms with van der Waals surface area (Å²) in [4.78, 5) is 13.1. The molecule has 1 aromatic carbocycles. The van der Waals surface area contributed by atoms with Gasteiger partial charge in [0.2, 0.25) is 0 Å². The van der Waals surface area contributed by atoms with Crippen molar-refractivity contribution in [3.8, 4) is 5.75 Å². The number of benzene rings is 1. The maximum atomic E-state index is 14.2. The highest BCUT2D eigenvalue weighted by Crippen LogP contribution is 2.26. The van der Waals surface area contributed by atoms with Gasteiger partial charge in [0.1, 0.15) is 24.0 Å². The molecule has 0 aliphatic carbocycles. The molecule has 1 fully saturated rings. The van der Waals surface area contributed by atoms with Gasteiger partial charge in [-0.05, 0) is 12.1 Å². The van der Waals surface area contributed by atoms with Crippen LogP contribution in [0.15, 0.2) is 18.2 Å². The van der Waals surface area contributed by atoms with E-state index in [1.165, 1.54) is 6.07 Å². The van der Waals surface area contributed by atoms with Crippen LogP contribution in [0.2, 0.25) is 0 Å². The molecule has 1 aromatic rings. The maximum absolute atomic E-state index is 14.2. The summed E-state index contributed by atoms with van der Waals surface area (Å²) in [6, 6.07) is 4.82. The monoisotopic (exact) mass is 311 g/mol. The SMILES string of the molecule is COCCOCCOc1ccc(N2CCC(=O)CC2)c(F)c1. The predicted molar refractivity (Wildman–Crippen MR) is 81.0 cm³/mol. The Labute approximate surface area is 130 Å². The number of nitrogens with zero attached hydrogens (tertiary/aromatic N) is 1. The van der Waals surface area contributed by atoms with E-state index in [1.807, 2.05) is 4.90 Å². The largest absolute Gasteiger partial charge is 0.491 e. The van der Waals surface area contributed by atoms with E-state index >= 15 is 0 Å². The molecule has 2 rings (SSSR count). The lowest BCUT2D eigenvalue weighted by molar-refractivity contribution is -0.119. The van der Waals surface area contributed by atoms with Gasteiger partial charge in [0, 0.05) is 39.1 Å². The molecule has 5 nitrogen and oxygen atoms in total. The number of anilines is 1. The summed E-state index contributed by atoms with van der Waals surface area (Å²) in [5, 5.41) is 0. The van der Waals surface area contributed by atoms with Gasteiger partial charge in [-0.15, -0.1) is 0 Å².